The zero-order valence-electron chi connectivity index (χ0n) is 10.4. The van der Waals surface area contributed by atoms with Crippen molar-refractivity contribution in [1.29, 1.82) is 0 Å². The summed E-state index contributed by atoms with van der Waals surface area (Å²) in [7, 11) is 0. The molecule has 3 nitrogen and oxygen atoms in total. The molecule has 0 bridgehead atoms. The van der Waals surface area contributed by atoms with Gasteiger partial charge in [-0.1, -0.05) is 0 Å². The molecule has 2 N–H and O–H groups in total. The van der Waals surface area contributed by atoms with E-state index in [0.29, 0.717) is 6.54 Å². The molecule has 0 aliphatic heterocycles. The van der Waals surface area contributed by atoms with Crippen molar-refractivity contribution in [2.45, 2.75) is 25.7 Å². The van der Waals surface area contributed by atoms with Gasteiger partial charge < -0.3 is 10.4 Å². The highest BCUT2D eigenvalue weighted by molar-refractivity contribution is 7.99. The van der Waals surface area contributed by atoms with Crippen LogP contribution in [0.3, 0.4) is 0 Å². The first-order chi connectivity index (χ1) is 8.81. The fourth-order valence-electron chi connectivity index (χ4n) is 2.03. The van der Waals surface area contributed by atoms with Crippen LogP contribution in [-0.4, -0.2) is 35.7 Å². The minimum atomic E-state index is 0.0668. The molecule has 1 aromatic heterocycles. The maximum absolute atomic E-state index is 11.9. The Morgan fingerprint density at radius 3 is 3.11 bits per heavy atom. The Balaban J connectivity index is 1.68. The minimum Gasteiger partial charge on any atom is -0.396 e. The lowest BCUT2D eigenvalue weighted by Crippen LogP contribution is -2.25. The van der Waals surface area contributed by atoms with E-state index in [2.05, 4.69) is 11.4 Å². The largest absolute Gasteiger partial charge is 0.396 e. The zero-order valence-corrected chi connectivity index (χ0v) is 12.0. The van der Waals surface area contributed by atoms with Gasteiger partial charge in [0.1, 0.15) is 0 Å². The Labute approximate surface area is 116 Å². The molecule has 18 heavy (non-hydrogen) atoms. The SMILES string of the molecule is O=C(NCCSCCCO)c1cc2c(s1)CCC2. The summed E-state index contributed by atoms with van der Waals surface area (Å²) in [6, 6.07) is 2.06. The summed E-state index contributed by atoms with van der Waals surface area (Å²) in [6.07, 6.45) is 4.35. The van der Waals surface area contributed by atoms with Crippen molar-refractivity contribution in [3.63, 3.8) is 0 Å². The summed E-state index contributed by atoms with van der Waals surface area (Å²) in [6.45, 7) is 0.956. The molecule has 0 aromatic carbocycles. The van der Waals surface area contributed by atoms with Crippen molar-refractivity contribution in [2.24, 2.45) is 0 Å². The summed E-state index contributed by atoms with van der Waals surface area (Å²) in [5, 5.41) is 11.6. The van der Waals surface area contributed by atoms with Gasteiger partial charge in [0, 0.05) is 23.8 Å². The molecule has 1 aliphatic rings. The summed E-state index contributed by atoms with van der Waals surface area (Å²) in [4.78, 5) is 14.2. The van der Waals surface area contributed by atoms with E-state index in [1.54, 1.807) is 23.1 Å². The van der Waals surface area contributed by atoms with Crippen molar-refractivity contribution in [1.82, 2.24) is 5.32 Å². The van der Waals surface area contributed by atoms with Gasteiger partial charge in [0.05, 0.1) is 4.88 Å². The summed E-state index contributed by atoms with van der Waals surface area (Å²) < 4.78 is 0. The highest BCUT2D eigenvalue weighted by atomic mass is 32.2. The van der Waals surface area contributed by atoms with Crippen LogP contribution < -0.4 is 5.32 Å². The van der Waals surface area contributed by atoms with E-state index in [9.17, 15) is 4.79 Å². The molecule has 0 atom stereocenters. The van der Waals surface area contributed by atoms with E-state index < -0.39 is 0 Å². The molecule has 1 amide bonds. The molecule has 0 unspecified atom stereocenters. The van der Waals surface area contributed by atoms with E-state index in [0.717, 1.165) is 35.6 Å². The summed E-state index contributed by atoms with van der Waals surface area (Å²) >= 11 is 3.42. The second kappa shape index (κ2) is 7.16. The van der Waals surface area contributed by atoms with Crippen LogP contribution >= 0.6 is 23.1 Å². The third kappa shape index (κ3) is 3.73. The van der Waals surface area contributed by atoms with Crippen molar-refractivity contribution < 1.29 is 9.90 Å². The quantitative estimate of drug-likeness (QED) is 0.754. The van der Waals surface area contributed by atoms with Gasteiger partial charge in [0.2, 0.25) is 0 Å². The first kappa shape index (κ1) is 13.9. The van der Waals surface area contributed by atoms with E-state index in [1.807, 2.05) is 0 Å². The Kier molecular flexibility index (Phi) is 5.53. The third-order valence-corrected chi connectivity index (χ3v) is 5.26. The average molecular weight is 285 g/mol. The van der Waals surface area contributed by atoms with E-state index in [4.69, 9.17) is 5.11 Å². The first-order valence-corrected chi connectivity index (χ1v) is 8.37. The molecular weight excluding hydrogens is 266 g/mol. The fraction of sp³-hybridized carbons (Fsp3) is 0.615. The topological polar surface area (TPSA) is 49.3 Å². The lowest BCUT2D eigenvalue weighted by molar-refractivity contribution is 0.0960. The van der Waals surface area contributed by atoms with Crippen molar-refractivity contribution >= 4 is 29.0 Å². The average Bonchev–Trinajstić information content (AvgIpc) is 2.93. The monoisotopic (exact) mass is 285 g/mol. The number of thiophene rings is 1. The number of carbonyl (C=O) groups excluding carboxylic acids is 1. The Morgan fingerprint density at radius 2 is 2.33 bits per heavy atom. The number of hydrogen-bond acceptors (Lipinski definition) is 4. The number of nitrogens with one attached hydrogen (secondary N) is 1. The van der Waals surface area contributed by atoms with Crippen LogP contribution in [0.25, 0.3) is 0 Å². The molecule has 0 spiro atoms. The normalized spacial score (nSPS) is 13.6. The standard InChI is InChI=1S/C13H19NO2S2/c15-6-2-7-17-8-5-14-13(16)12-9-10-3-1-4-11(10)18-12/h9,15H,1-8H2,(H,14,16). The van der Waals surface area contributed by atoms with E-state index in [1.165, 1.54) is 16.9 Å². The predicted octanol–water partition coefficient (Wildman–Crippen LogP) is 2.08. The van der Waals surface area contributed by atoms with Gasteiger partial charge in [-0.15, -0.1) is 11.3 Å². The van der Waals surface area contributed by atoms with Gasteiger partial charge in [0.15, 0.2) is 0 Å². The van der Waals surface area contributed by atoms with Crippen LogP contribution in [-0.2, 0) is 12.8 Å². The number of hydrogen-bond donors (Lipinski definition) is 2. The smallest absolute Gasteiger partial charge is 0.261 e. The molecule has 0 saturated heterocycles. The van der Waals surface area contributed by atoms with Gasteiger partial charge in [-0.3, -0.25) is 4.79 Å². The van der Waals surface area contributed by atoms with Crippen LogP contribution in [0.5, 0.6) is 0 Å². The van der Waals surface area contributed by atoms with Crippen LogP contribution in [0, 0.1) is 0 Å². The maximum atomic E-state index is 11.9. The van der Waals surface area contributed by atoms with Crippen LogP contribution in [0.15, 0.2) is 6.07 Å². The molecule has 1 aromatic rings. The predicted molar refractivity (Wildman–Crippen MR) is 77.7 cm³/mol. The van der Waals surface area contributed by atoms with Crippen LogP contribution in [0.2, 0.25) is 0 Å². The first-order valence-electron chi connectivity index (χ1n) is 6.39. The molecule has 1 aliphatic carbocycles. The lowest BCUT2D eigenvalue weighted by Gasteiger charge is -2.03. The Morgan fingerprint density at radius 1 is 1.44 bits per heavy atom. The zero-order chi connectivity index (χ0) is 12.8. The number of aliphatic hydroxyl groups excluding tert-OH is 1. The molecule has 1 heterocycles. The van der Waals surface area contributed by atoms with Gasteiger partial charge >= 0.3 is 0 Å². The number of fused-ring (bicyclic) bond motifs is 1. The molecule has 2 rings (SSSR count). The number of aryl methyl sites for hydroxylation is 2. The number of thioether (sulfide) groups is 1. The third-order valence-electron chi connectivity index (χ3n) is 2.95. The number of aliphatic hydroxyl groups is 1. The maximum Gasteiger partial charge on any atom is 0.261 e. The highest BCUT2D eigenvalue weighted by Gasteiger charge is 2.17. The summed E-state index contributed by atoms with van der Waals surface area (Å²) in [5.41, 5.74) is 1.38. The van der Waals surface area contributed by atoms with Crippen LogP contribution in [0.4, 0.5) is 0 Å². The van der Waals surface area contributed by atoms with E-state index in [-0.39, 0.29) is 12.5 Å². The van der Waals surface area contributed by atoms with Crippen molar-refractivity contribution in [2.75, 3.05) is 24.7 Å². The van der Waals surface area contributed by atoms with Crippen molar-refractivity contribution in [3.8, 4) is 0 Å². The van der Waals surface area contributed by atoms with Crippen molar-refractivity contribution in [3.05, 3.63) is 21.4 Å². The molecule has 0 fully saturated rings. The fourth-order valence-corrected chi connectivity index (χ4v) is 3.99. The second-order valence-corrected chi connectivity index (χ2v) is 6.72. The van der Waals surface area contributed by atoms with Gasteiger partial charge in [-0.25, -0.2) is 0 Å². The number of carbonyl (C=O) groups is 1. The molecule has 5 heteroatoms. The molecular formula is C13H19NO2S2. The minimum absolute atomic E-state index is 0.0668. The lowest BCUT2D eigenvalue weighted by atomic mass is 10.2. The number of amides is 1. The number of rotatable bonds is 7. The second-order valence-electron chi connectivity index (χ2n) is 4.36. The Bertz CT molecular complexity index is 382. The molecule has 0 saturated carbocycles. The highest BCUT2D eigenvalue weighted by Crippen LogP contribution is 2.30. The van der Waals surface area contributed by atoms with Crippen LogP contribution in [0.1, 0.15) is 33.0 Å². The Hall–Kier alpha value is -0.520. The van der Waals surface area contributed by atoms with Gasteiger partial charge in [-0.2, -0.15) is 11.8 Å². The molecule has 100 valence electrons. The molecule has 0 radical (unpaired) electrons. The summed E-state index contributed by atoms with van der Waals surface area (Å²) in [5.74, 6) is 1.94. The van der Waals surface area contributed by atoms with E-state index >= 15 is 0 Å². The van der Waals surface area contributed by atoms with Gasteiger partial charge in [0.25, 0.3) is 5.91 Å². The van der Waals surface area contributed by atoms with Gasteiger partial charge in [-0.05, 0) is 43.1 Å².